The molecule has 0 atom stereocenters. The van der Waals surface area contributed by atoms with Crippen molar-refractivity contribution in [2.24, 2.45) is 0 Å². The number of rotatable bonds is 3. The van der Waals surface area contributed by atoms with Gasteiger partial charge in [-0.25, -0.2) is 0 Å². The average Bonchev–Trinajstić information content (AvgIpc) is 2.34. The van der Waals surface area contributed by atoms with Crippen LogP contribution in [0.5, 0.6) is 0 Å². The lowest BCUT2D eigenvalue weighted by Crippen LogP contribution is -2.07. The zero-order valence-electron chi connectivity index (χ0n) is 11.9. The number of hydrogen-bond donors (Lipinski definition) is 0. The van der Waals surface area contributed by atoms with Crippen LogP contribution >= 0.6 is 0 Å². The highest BCUT2D eigenvalue weighted by Gasteiger charge is 2.11. The van der Waals surface area contributed by atoms with Crippen LogP contribution in [0.2, 0.25) is 0 Å². The molecule has 0 saturated heterocycles. The quantitative estimate of drug-likeness (QED) is 0.780. The van der Waals surface area contributed by atoms with Crippen LogP contribution in [-0.2, 0) is 6.42 Å². The molecule has 1 aromatic heterocycles. The van der Waals surface area contributed by atoms with Crippen LogP contribution in [0.1, 0.15) is 38.3 Å². The van der Waals surface area contributed by atoms with Crippen LogP contribution in [0, 0.1) is 27.7 Å². The number of benzene rings is 1. The van der Waals surface area contributed by atoms with Crippen LogP contribution in [-0.4, -0.2) is 10.8 Å². The molecule has 0 radical (unpaired) electrons. The molecule has 0 N–H and O–H groups in total. The number of ketones is 1. The highest BCUT2D eigenvalue weighted by Crippen LogP contribution is 2.18. The summed E-state index contributed by atoms with van der Waals surface area (Å²) in [5.74, 6) is 0.127. The van der Waals surface area contributed by atoms with Crippen molar-refractivity contribution in [2.45, 2.75) is 34.1 Å². The maximum atomic E-state index is 12.3. The summed E-state index contributed by atoms with van der Waals surface area (Å²) in [6.07, 6.45) is 2.11. The number of aryl methyl sites for hydroxylation is 4. The van der Waals surface area contributed by atoms with Gasteiger partial charge in [0.05, 0.1) is 0 Å². The minimum Gasteiger partial charge on any atom is -0.294 e. The van der Waals surface area contributed by atoms with Gasteiger partial charge in [0.1, 0.15) is 0 Å². The molecule has 0 fully saturated rings. The zero-order valence-corrected chi connectivity index (χ0v) is 11.9. The number of hydrogen-bond acceptors (Lipinski definition) is 2. The zero-order chi connectivity index (χ0) is 14.0. The van der Waals surface area contributed by atoms with E-state index in [1.165, 1.54) is 16.7 Å². The van der Waals surface area contributed by atoms with Crippen molar-refractivity contribution in [3.63, 3.8) is 0 Å². The van der Waals surface area contributed by atoms with E-state index >= 15 is 0 Å². The Labute approximate surface area is 114 Å². The van der Waals surface area contributed by atoms with Gasteiger partial charge < -0.3 is 0 Å². The first kappa shape index (κ1) is 13.5. The molecule has 0 saturated carbocycles. The van der Waals surface area contributed by atoms with E-state index in [1.54, 1.807) is 6.20 Å². The summed E-state index contributed by atoms with van der Waals surface area (Å²) in [6, 6.07) is 7.98. The number of Topliss-reactive ketones (excluding diaryl/α,β-unsaturated/α-hetero) is 1. The van der Waals surface area contributed by atoms with Crippen molar-refractivity contribution in [1.82, 2.24) is 4.98 Å². The molecule has 2 nitrogen and oxygen atoms in total. The van der Waals surface area contributed by atoms with Crippen LogP contribution in [0.3, 0.4) is 0 Å². The van der Waals surface area contributed by atoms with Crippen molar-refractivity contribution >= 4 is 5.78 Å². The molecule has 98 valence electrons. The van der Waals surface area contributed by atoms with E-state index in [-0.39, 0.29) is 5.78 Å². The second-order valence-corrected chi connectivity index (χ2v) is 5.17. The lowest BCUT2D eigenvalue weighted by molar-refractivity contribution is 0.0992. The standard InChI is InChI=1S/C17H19NO/c1-11-7-12(2)16(13(3)8-11)9-17(19)15-6-5-14(4)18-10-15/h5-8,10H,9H2,1-4H3. The molecule has 1 heterocycles. The molecular formula is C17H19NO. The Bertz CT molecular complexity index is 589. The van der Waals surface area contributed by atoms with Gasteiger partial charge in [-0.05, 0) is 56.5 Å². The normalized spacial score (nSPS) is 10.5. The molecule has 0 aliphatic carbocycles. The van der Waals surface area contributed by atoms with Crippen LogP contribution in [0.15, 0.2) is 30.5 Å². The Morgan fingerprint density at radius 2 is 1.68 bits per heavy atom. The fraction of sp³-hybridized carbons (Fsp3) is 0.294. The number of carbonyl (C=O) groups is 1. The highest BCUT2D eigenvalue weighted by atomic mass is 16.1. The van der Waals surface area contributed by atoms with Crippen LogP contribution in [0.25, 0.3) is 0 Å². The number of nitrogens with zero attached hydrogens (tertiary/aromatic N) is 1. The smallest absolute Gasteiger partial charge is 0.168 e. The summed E-state index contributed by atoms with van der Waals surface area (Å²) in [4.78, 5) is 16.5. The monoisotopic (exact) mass is 253 g/mol. The van der Waals surface area contributed by atoms with Gasteiger partial charge in [-0.2, -0.15) is 0 Å². The van der Waals surface area contributed by atoms with Crippen LogP contribution in [0.4, 0.5) is 0 Å². The first-order chi connectivity index (χ1) is 8.97. The van der Waals surface area contributed by atoms with E-state index in [2.05, 4.69) is 37.9 Å². The second kappa shape index (κ2) is 5.35. The number of carbonyl (C=O) groups excluding carboxylic acids is 1. The number of pyridine rings is 1. The van der Waals surface area contributed by atoms with Crippen LogP contribution < -0.4 is 0 Å². The van der Waals surface area contributed by atoms with Gasteiger partial charge in [-0.3, -0.25) is 9.78 Å². The summed E-state index contributed by atoms with van der Waals surface area (Å²) >= 11 is 0. The predicted octanol–water partition coefficient (Wildman–Crippen LogP) is 3.74. The SMILES string of the molecule is Cc1cc(C)c(CC(=O)c2ccc(C)nc2)c(C)c1. The lowest BCUT2D eigenvalue weighted by Gasteiger charge is -2.10. The van der Waals surface area contributed by atoms with Crippen molar-refractivity contribution in [2.75, 3.05) is 0 Å². The topological polar surface area (TPSA) is 30.0 Å². The fourth-order valence-electron chi connectivity index (χ4n) is 2.38. The third kappa shape index (κ3) is 3.08. The molecule has 0 spiro atoms. The Morgan fingerprint density at radius 1 is 1.05 bits per heavy atom. The van der Waals surface area contributed by atoms with Crippen molar-refractivity contribution in [3.05, 3.63) is 64.0 Å². The maximum Gasteiger partial charge on any atom is 0.168 e. The second-order valence-electron chi connectivity index (χ2n) is 5.17. The Balaban J connectivity index is 2.26. The third-order valence-electron chi connectivity index (χ3n) is 3.41. The molecule has 2 rings (SSSR count). The summed E-state index contributed by atoms with van der Waals surface area (Å²) in [5, 5.41) is 0. The maximum absolute atomic E-state index is 12.3. The van der Waals surface area contributed by atoms with E-state index in [0.29, 0.717) is 12.0 Å². The van der Waals surface area contributed by atoms with E-state index in [4.69, 9.17) is 0 Å². The van der Waals surface area contributed by atoms with E-state index in [9.17, 15) is 4.79 Å². The molecule has 0 amide bonds. The van der Waals surface area contributed by atoms with E-state index < -0.39 is 0 Å². The van der Waals surface area contributed by atoms with Gasteiger partial charge in [-0.1, -0.05) is 17.7 Å². The fourth-order valence-corrected chi connectivity index (χ4v) is 2.38. The molecular weight excluding hydrogens is 234 g/mol. The van der Waals surface area contributed by atoms with Gasteiger partial charge in [-0.15, -0.1) is 0 Å². The van der Waals surface area contributed by atoms with Gasteiger partial charge in [0, 0.05) is 23.9 Å². The molecule has 19 heavy (non-hydrogen) atoms. The molecule has 2 aromatic rings. The molecule has 0 aliphatic rings. The Kier molecular flexibility index (Phi) is 3.79. The largest absolute Gasteiger partial charge is 0.294 e. The lowest BCUT2D eigenvalue weighted by atomic mass is 9.94. The molecule has 1 aromatic carbocycles. The van der Waals surface area contributed by atoms with E-state index in [1.807, 2.05) is 19.1 Å². The van der Waals surface area contributed by atoms with Gasteiger partial charge in [0.15, 0.2) is 5.78 Å². The third-order valence-corrected chi connectivity index (χ3v) is 3.41. The van der Waals surface area contributed by atoms with Crippen molar-refractivity contribution in [1.29, 1.82) is 0 Å². The summed E-state index contributed by atoms with van der Waals surface area (Å²) in [6.45, 7) is 8.13. The minimum atomic E-state index is 0.127. The van der Waals surface area contributed by atoms with Crippen molar-refractivity contribution in [3.8, 4) is 0 Å². The average molecular weight is 253 g/mol. The van der Waals surface area contributed by atoms with Gasteiger partial charge in [0.25, 0.3) is 0 Å². The number of aromatic nitrogens is 1. The van der Waals surface area contributed by atoms with Gasteiger partial charge >= 0.3 is 0 Å². The molecule has 0 bridgehead atoms. The highest BCUT2D eigenvalue weighted by molar-refractivity contribution is 5.97. The molecule has 2 heteroatoms. The summed E-state index contributed by atoms with van der Waals surface area (Å²) in [7, 11) is 0. The Hall–Kier alpha value is -1.96. The Morgan fingerprint density at radius 3 is 2.21 bits per heavy atom. The summed E-state index contributed by atoms with van der Waals surface area (Å²) in [5.41, 5.74) is 6.36. The minimum absolute atomic E-state index is 0.127. The summed E-state index contributed by atoms with van der Waals surface area (Å²) < 4.78 is 0. The molecule has 0 unspecified atom stereocenters. The van der Waals surface area contributed by atoms with Crippen molar-refractivity contribution < 1.29 is 4.79 Å². The predicted molar refractivity (Wildman–Crippen MR) is 77.7 cm³/mol. The van der Waals surface area contributed by atoms with E-state index in [0.717, 1.165) is 11.3 Å². The first-order valence-electron chi connectivity index (χ1n) is 6.50. The first-order valence-corrected chi connectivity index (χ1v) is 6.50. The molecule has 0 aliphatic heterocycles. The van der Waals surface area contributed by atoms with Gasteiger partial charge in [0.2, 0.25) is 0 Å².